The first-order chi connectivity index (χ1) is 5.77. The molecule has 1 aromatic rings. The average molecular weight is 166 g/mol. The number of ether oxygens (including phenoxy) is 1. The highest BCUT2D eigenvalue weighted by atomic mass is 16.5. The van der Waals surface area contributed by atoms with Gasteiger partial charge in [0.05, 0.1) is 7.11 Å². The highest BCUT2D eigenvalue weighted by Gasteiger charge is 1.98. The van der Waals surface area contributed by atoms with Gasteiger partial charge < -0.3 is 4.74 Å². The summed E-state index contributed by atoms with van der Waals surface area (Å²) in [6.07, 6.45) is 0. The smallest absolute Gasteiger partial charge is 0.122 e. The zero-order valence-corrected chi connectivity index (χ0v) is 7.42. The van der Waals surface area contributed by atoms with E-state index in [-0.39, 0.29) is 0 Å². The predicted molar refractivity (Wildman–Crippen MR) is 48.8 cm³/mol. The molecule has 12 heavy (non-hydrogen) atoms. The van der Waals surface area contributed by atoms with Gasteiger partial charge in [-0.15, -0.1) is 0 Å². The summed E-state index contributed by atoms with van der Waals surface area (Å²) in [5, 5.41) is 0. The van der Waals surface area contributed by atoms with Gasteiger partial charge in [0.2, 0.25) is 0 Å². The first-order valence-electron chi connectivity index (χ1n) is 3.85. The summed E-state index contributed by atoms with van der Waals surface area (Å²) >= 11 is 0. The van der Waals surface area contributed by atoms with Crippen LogP contribution in [0.3, 0.4) is 0 Å². The first kappa shape index (κ1) is 9.03. The molecule has 0 aliphatic carbocycles. The van der Waals surface area contributed by atoms with Crippen molar-refractivity contribution in [3.8, 4) is 5.75 Å². The maximum absolute atomic E-state index is 5.20. The molecule has 0 aliphatic rings. The van der Waals surface area contributed by atoms with Crippen LogP contribution in [0.5, 0.6) is 5.75 Å². The van der Waals surface area contributed by atoms with Crippen LogP contribution in [0, 0.1) is 6.92 Å². The van der Waals surface area contributed by atoms with Crippen LogP contribution in [0.4, 0.5) is 0 Å². The second-order valence-corrected chi connectivity index (χ2v) is 2.68. The monoisotopic (exact) mass is 166 g/mol. The molecule has 3 nitrogen and oxygen atoms in total. The maximum atomic E-state index is 5.20. The fourth-order valence-corrected chi connectivity index (χ4v) is 1.09. The number of aryl methyl sites for hydroxylation is 1. The second kappa shape index (κ2) is 4.09. The van der Waals surface area contributed by atoms with Gasteiger partial charge in [0, 0.05) is 6.54 Å². The molecule has 0 saturated carbocycles. The summed E-state index contributed by atoms with van der Waals surface area (Å²) in [7, 11) is 1.67. The summed E-state index contributed by atoms with van der Waals surface area (Å²) in [4.78, 5) is 0. The van der Waals surface area contributed by atoms with E-state index in [1.807, 2.05) is 25.1 Å². The molecular weight excluding hydrogens is 152 g/mol. The SMILES string of the molecule is COc1cc(CNN)ccc1C. The zero-order chi connectivity index (χ0) is 8.97. The van der Waals surface area contributed by atoms with E-state index in [4.69, 9.17) is 10.6 Å². The van der Waals surface area contributed by atoms with Crippen molar-refractivity contribution < 1.29 is 4.74 Å². The summed E-state index contributed by atoms with van der Waals surface area (Å²) in [6.45, 7) is 2.68. The van der Waals surface area contributed by atoms with Gasteiger partial charge in [-0.3, -0.25) is 11.3 Å². The third-order valence-corrected chi connectivity index (χ3v) is 1.78. The van der Waals surface area contributed by atoms with Crippen LogP contribution >= 0.6 is 0 Å². The van der Waals surface area contributed by atoms with Crippen molar-refractivity contribution in [1.29, 1.82) is 0 Å². The molecule has 66 valence electrons. The molecule has 0 radical (unpaired) electrons. The lowest BCUT2D eigenvalue weighted by Crippen LogP contribution is -2.20. The topological polar surface area (TPSA) is 47.3 Å². The second-order valence-electron chi connectivity index (χ2n) is 2.68. The van der Waals surface area contributed by atoms with Gasteiger partial charge in [0.1, 0.15) is 5.75 Å². The molecular formula is C9H14N2O. The van der Waals surface area contributed by atoms with Crippen LogP contribution in [-0.4, -0.2) is 7.11 Å². The Labute approximate surface area is 72.5 Å². The fourth-order valence-electron chi connectivity index (χ4n) is 1.09. The molecule has 0 saturated heterocycles. The predicted octanol–water partition coefficient (Wildman–Crippen LogP) is 0.967. The van der Waals surface area contributed by atoms with Crippen molar-refractivity contribution in [2.75, 3.05) is 7.11 Å². The standard InChI is InChI=1S/C9H14N2O/c1-7-3-4-8(6-11-10)5-9(7)12-2/h3-5,11H,6,10H2,1-2H3. The molecule has 0 aliphatic heterocycles. The Morgan fingerprint density at radius 2 is 2.25 bits per heavy atom. The number of nitrogens with two attached hydrogens (primary N) is 1. The number of methoxy groups -OCH3 is 1. The molecule has 0 heterocycles. The van der Waals surface area contributed by atoms with E-state index < -0.39 is 0 Å². The van der Waals surface area contributed by atoms with E-state index in [1.165, 1.54) is 0 Å². The van der Waals surface area contributed by atoms with E-state index in [1.54, 1.807) is 7.11 Å². The summed E-state index contributed by atoms with van der Waals surface area (Å²) < 4.78 is 5.16. The van der Waals surface area contributed by atoms with Gasteiger partial charge in [-0.25, -0.2) is 0 Å². The van der Waals surface area contributed by atoms with Crippen LogP contribution in [0.25, 0.3) is 0 Å². The quantitative estimate of drug-likeness (QED) is 0.519. The number of benzene rings is 1. The molecule has 1 aromatic carbocycles. The van der Waals surface area contributed by atoms with Crippen molar-refractivity contribution in [2.24, 2.45) is 5.84 Å². The molecule has 0 spiro atoms. The minimum absolute atomic E-state index is 0.663. The lowest BCUT2D eigenvalue weighted by Gasteiger charge is -2.06. The largest absolute Gasteiger partial charge is 0.496 e. The van der Waals surface area contributed by atoms with Gasteiger partial charge in [-0.1, -0.05) is 12.1 Å². The Morgan fingerprint density at radius 3 is 2.83 bits per heavy atom. The van der Waals surface area contributed by atoms with Crippen LogP contribution < -0.4 is 16.0 Å². The fraction of sp³-hybridized carbons (Fsp3) is 0.333. The third-order valence-electron chi connectivity index (χ3n) is 1.78. The summed E-state index contributed by atoms with van der Waals surface area (Å²) in [6, 6.07) is 6.03. The Kier molecular flexibility index (Phi) is 3.08. The molecule has 3 heteroatoms. The molecule has 1 rings (SSSR count). The highest BCUT2D eigenvalue weighted by Crippen LogP contribution is 2.18. The Hall–Kier alpha value is -1.06. The van der Waals surface area contributed by atoms with E-state index in [0.717, 1.165) is 16.9 Å². The van der Waals surface area contributed by atoms with Crippen LogP contribution in [0.15, 0.2) is 18.2 Å². The normalized spacial score (nSPS) is 9.92. The average Bonchev–Trinajstić information content (AvgIpc) is 2.09. The number of hydrazine groups is 1. The van der Waals surface area contributed by atoms with Crippen molar-refractivity contribution in [1.82, 2.24) is 5.43 Å². The van der Waals surface area contributed by atoms with Crippen LogP contribution in [0.1, 0.15) is 11.1 Å². The van der Waals surface area contributed by atoms with Gasteiger partial charge >= 0.3 is 0 Å². The van der Waals surface area contributed by atoms with Crippen LogP contribution in [-0.2, 0) is 6.54 Å². The van der Waals surface area contributed by atoms with Gasteiger partial charge in [0.15, 0.2) is 0 Å². The molecule has 3 N–H and O–H groups in total. The van der Waals surface area contributed by atoms with Crippen molar-refractivity contribution in [3.63, 3.8) is 0 Å². The third kappa shape index (κ3) is 1.96. The first-order valence-corrected chi connectivity index (χ1v) is 3.85. The highest BCUT2D eigenvalue weighted by molar-refractivity contribution is 5.36. The number of hydrogen-bond acceptors (Lipinski definition) is 3. The molecule has 0 fully saturated rings. The van der Waals surface area contributed by atoms with Gasteiger partial charge in [-0.05, 0) is 24.1 Å². The van der Waals surface area contributed by atoms with E-state index >= 15 is 0 Å². The van der Waals surface area contributed by atoms with Crippen molar-refractivity contribution >= 4 is 0 Å². The lowest BCUT2D eigenvalue weighted by molar-refractivity contribution is 0.411. The van der Waals surface area contributed by atoms with Crippen molar-refractivity contribution in [3.05, 3.63) is 29.3 Å². The van der Waals surface area contributed by atoms with Crippen LogP contribution in [0.2, 0.25) is 0 Å². The minimum atomic E-state index is 0.663. The lowest BCUT2D eigenvalue weighted by atomic mass is 10.1. The molecule has 0 aromatic heterocycles. The molecule has 0 atom stereocenters. The number of rotatable bonds is 3. The van der Waals surface area contributed by atoms with Gasteiger partial charge in [-0.2, -0.15) is 0 Å². The van der Waals surface area contributed by atoms with Gasteiger partial charge in [0.25, 0.3) is 0 Å². The van der Waals surface area contributed by atoms with E-state index in [0.29, 0.717) is 6.54 Å². The molecule has 0 unspecified atom stereocenters. The zero-order valence-electron chi connectivity index (χ0n) is 7.42. The van der Waals surface area contributed by atoms with E-state index in [9.17, 15) is 0 Å². The maximum Gasteiger partial charge on any atom is 0.122 e. The Morgan fingerprint density at radius 1 is 1.50 bits per heavy atom. The summed E-state index contributed by atoms with van der Waals surface area (Å²) in [5.41, 5.74) is 4.86. The number of hydrogen-bond donors (Lipinski definition) is 2. The Bertz CT molecular complexity index is 261. The molecule has 0 amide bonds. The summed E-state index contributed by atoms with van der Waals surface area (Å²) in [5.74, 6) is 6.10. The Balaban J connectivity index is 2.89. The minimum Gasteiger partial charge on any atom is -0.496 e. The number of nitrogens with one attached hydrogen (secondary N) is 1. The van der Waals surface area contributed by atoms with Crippen molar-refractivity contribution in [2.45, 2.75) is 13.5 Å². The van der Waals surface area contributed by atoms with E-state index in [2.05, 4.69) is 5.43 Å². The molecule has 0 bridgehead atoms.